The molecule has 0 radical (unpaired) electrons. The van der Waals surface area contributed by atoms with E-state index in [1.165, 1.54) is 6.07 Å². The van der Waals surface area contributed by atoms with Crippen LogP contribution in [0.4, 0.5) is 9.18 Å². The maximum Gasteiger partial charge on any atom is 0.337 e. The smallest absolute Gasteiger partial charge is 0.337 e. The van der Waals surface area contributed by atoms with E-state index < -0.39 is 18.0 Å². The van der Waals surface area contributed by atoms with Crippen LogP contribution in [0, 0.1) is 5.82 Å². The van der Waals surface area contributed by atoms with Crippen molar-refractivity contribution >= 4 is 18.0 Å². The van der Waals surface area contributed by atoms with Crippen molar-refractivity contribution in [2.24, 2.45) is 0 Å². The van der Waals surface area contributed by atoms with Crippen LogP contribution in [-0.2, 0) is 25.5 Å². The molecule has 1 aromatic carbocycles. The van der Waals surface area contributed by atoms with Gasteiger partial charge < -0.3 is 20.1 Å². The first-order chi connectivity index (χ1) is 12.0. The van der Waals surface area contributed by atoms with Crippen molar-refractivity contribution in [2.75, 3.05) is 19.8 Å². The zero-order chi connectivity index (χ0) is 18.2. The second kappa shape index (κ2) is 8.81. The van der Waals surface area contributed by atoms with Crippen molar-refractivity contribution in [3.05, 3.63) is 46.9 Å². The number of urea groups is 1. The Morgan fingerprint density at radius 2 is 2.00 bits per heavy atom. The third-order valence-electron chi connectivity index (χ3n) is 3.51. The quantitative estimate of drug-likeness (QED) is 0.726. The molecule has 0 saturated heterocycles. The van der Waals surface area contributed by atoms with Crippen LogP contribution in [0.2, 0.25) is 0 Å². The molecule has 8 heteroatoms. The monoisotopic (exact) mass is 350 g/mol. The van der Waals surface area contributed by atoms with Gasteiger partial charge in [-0.25, -0.2) is 14.0 Å². The molecule has 0 fully saturated rings. The minimum atomic E-state index is -0.590. The molecule has 1 aliphatic heterocycles. The number of halogens is 1. The first-order valence-corrected chi connectivity index (χ1v) is 7.84. The number of nitrogens with one attached hydrogen (secondary N) is 2. The van der Waals surface area contributed by atoms with Crippen LogP contribution in [0.3, 0.4) is 0 Å². The average Bonchev–Trinajstić information content (AvgIpc) is 2.59. The standard InChI is InChI=1S/C17H19FN2O5/c1-2-24-16(22)12-9-19-17(23)20-14(12)10-25-15(21)8-7-11-5-3-4-6-13(11)18/h3-6H,2,7-10H2,1H3,(H2,19,20,23). The average molecular weight is 350 g/mol. The van der Waals surface area contributed by atoms with Gasteiger partial charge in [0.1, 0.15) is 12.4 Å². The van der Waals surface area contributed by atoms with E-state index in [0.717, 1.165) is 0 Å². The molecule has 0 aromatic heterocycles. The molecule has 0 bridgehead atoms. The molecule has 7 nitrogen and oxygen atoms in total. The maximum atomic E-state index is 13.5. The minimum Gasteiger partial charge on any atom is -0.463 e. The molecule has 0 unspecified atom stereocenters. The van der Waals surface area contributed by atoms with Crippen LogP contribution >= 0.6 is 0 Å². The Bertz CT molecular complexity index is 702. The molecule has 0 saturated carbocycles. The van der Waals surface area contributed by atoms with Crippen molar-refractivity contribution < 1.29 is 28.2 Å². The zero-order valence-electron chi connectivity index (χ0n) is 13.8. The molecule has 2 N–H and O–H groups in total. The van der Waals surface area contributed by atoms with Crippen LogP contribution in [0.5, 0.6) is 0 Å². The molecule has 0 atom stereocenters. The van der Waals surface area contributed by atoms with Crippen molar-refractivity contribution in [1.29, 1.82) is 0 Å². The van der Waals surface area contributed by atoms with Crippen molar-refractivity contribution in [2.45, 2.75) is 19.8 Å². The number of carbonyl (C=O) groups is 3. The van der Waals surface area contributed by atoms with E-state index >= 15 is 0 Å². The SMILES string of the molecule is CCOC(=O)C1=C(COC(=O)CCc2ccccc2F)NC(=O)NC1. The minimum absolute atomic E-state index is 0.00717. The Morgan fingerprint density at radius 3 is 2.72 bits per heavy atom. The molecule has 1 aromatic rings. The van der Waals surface area contributed by atoms with E-state index in [-0.39, 0.29) is 49.7 Å². The highest BCUT2D eigenvalue weighted by molar-refractivity contribution is 5.93. The summed E-state index contributed by atoms with van der Waals surface area (Å²) in [5, 5.41) is 4.89. The van der Waals surface area contributed by atoms with Gasteiger partial charge in [0.15, 0.2) is 0 Å². The van der Waals surface area contributed by atoms with Crippen LogP contribution in [-0.4, -0.2) is 37.7 Å². The first kappa shape index (κ1) is 18.4. The summed E-state index contributed by atoms with van der Waals surface area (Å²) in [5.74, 6) is -1.53. The van der Waals surface area contributed by atoms with E-state index in [1.54, 1.807) is 25.1 Å². The van der Waals surface area contributed by atoms with Crippen LogP contribution < -0.4 is 10.6 Å². The second-order valence-corrected chi connectivity index (χ2v) is 5.24. The number of benzene rings is 1. The summed E-state index contributed by atoms with van der Waals surface area (Å²) in [6, 6.07) is 5.68. The molecule has 2 rings (SSSR count). The number of carbonyl (C=O) groups excluding carboxylic acids is 3. The highest BCUT2D eigenvalue weighted by Crippen LogP contribution is 2.11. The van der Waals surface area contributed by atoms with Gasteiger partial charge in [0, 0.05) is 6.42 Å². The number of amides is 2. The topological polar surface area (TPSA) is 93.7 Å². The lowest BCUT2D eigenvalue weighted by molar-refractivity contribution is -0.143. The number of ether oxygens (including phenoxy) is 2. The van der Waals surface area contributed by atoms with E-state index in [9.17, 15) is 18.8 Å². The third kappa shape index (κ3) is 5.30. The largest absolute Gasteiger partial charge is 0.463 e. The molecule has 1 aliphatic rings. The van der Waals surface area contributed by atoms with Gasteiger partial charge in [-0.05, 0) is 25.0 Å². The number of aryl methyl sites for hydroxylation is 1. The van der Waals surface area contributed by atoms with Gasteiger partial charge in [-0.3, -0.25) is 4.79 Å². The molecule has 2 amide bonds. The summed E-state index contributed by atoms with van der Waals surface area (Å²) < 4.78 is 23.5. The Morgan fingerprint density at radius 1 is 1.24 bits per heavy atom. The van der Waals surface area contributed by atoms with Gasteiger partial charge in [0.25, 0.3) is 0 Å². The van der Waals surface area contributed by atoms with E-state index in [1.807, 2.05) is 0 Å². The summed E-state index contributed by atoms with van der Waals surface area (Å²) in [6.07, 6.45) is 0.179. The Kier molecular flexibility index (Phi) is 6.50. The third-order valence-corrected chi connectivity index (χ3v) is 3.51. The van der Waals surface area contributed by atoms with Crippen molar-refractivity contribution in [3.8, 4) is 0 Å². The van der Waals surface area contributed by atoms with Gasteiger partial charge in [-0.2, -0.15) is 0 Å². The molecule has 134 valence electrons. The second-order valence-electron chi connectivity index (χ2n) is 5.24. The Labute approximate surface area is 144 Å². The molecular weight excluding hydrogens is 331 g/mol. The van der Waals surface area contributed by atoms with E-state index in [2.05, 4.69) is 10.6 Å². The highest BCUT2D eigenvalue weighted by Gasteiger charge is 2.24. The fourth-order valence-corrected chi connectivity index (χ4v) is 2.23. The summed E-state index contributed by atoms with van der Waals surface area (Å²) in [5.41, 5.74) is 0.797. The lowest BCUT2D eigenvalue weighted by Crippen LogP contribution is -2.45. The highest BCUT2D eigenvalue weighted by atomic mass is 19.1. The number of rotatable bonds is 7. The van der Waals surface area contributed by atoms with Gasteiger partial charge >= 0.3 is 18.0 Å². The van der Waals surface area contributed by atoms with Crippen LogP contribution in [0.15, 0.2) is 35.5 Å². The Hall–Kier alpha value is -2.90. The van der Waals surface area contributed by atoms with E-state index in [0.29, 0.717) is 5.56 Å². The number of hydrogen-bond donors (Lipinski definition) is 2. The summed E-state index contributed by atoms with van der Waals surface area (Å²) in [6.45, 7) is 1.58. The molecule has 1 heterocycles. The normalized spacial score (nSPS) is 13.8. The number of hydrogen-bond acceptors (Lipinski definition) is 5. The molecule has 0 spiro atoms. The molecule has 0 aliphatic carbocycles. The van der Waals surface area contributed by atoms with E-state index in [4.69, 9.17) is 9.47 Å². The zero-order valence-corrected chi connectivity index (χ0v) is 13.8. The van der Waals surface area contributed by atoms with Gasteiger partial charge in [-0.15, -0.1) is 0 Å². The Balaban J connectivity index is 1.92. The molecular formula is C17H19FN2O5. The van der Waals surface area contributed by atoms with Gasteiger partial charge in [0.05, 0.1) is 24.4 Å². The van der Waals surface area contributed by atoms with Crippen molar-refractivity contribution in [3.63, 3.8) is 0 Å². The fraction of sp³-hybridized carbons (Fsp3) is 0.353. The molecule has 25 heavy (non-hydrogen) atoms. The lowest BCUT2D eigenvalue weighted by Gasteiger charge is -2.21. The maximum absolute atomic E-state index is 13.5. The van der Waals surface area contributed by atoms with Gasteiger partial charge in [0.2, 0.25) is 0 Å². The van der Waals surface area contributed by atoms with Crippen molar-refractivity contribution in [1.82, 2.24) is 10.6 Å². The number of esters is 2. The van der Waals surface area contributed by atoms with Crippen LogP contribution in [0.25, 0.3) is 0 Å². The summed E-state index contributed by atoms with van der Waals surface area (Å²) in [4.78, 5) is 35.1. The predicted octanol–water partition coefficient (Wildman–Crippen LogP) is 1.43. The fourth-order valence-electron chi connectivity index (χ4n) is 2.23. The first-order valence-electron chi connectivity index (χ1n) is 7.84. The predicted molar refractivity (Wildman–Crippen MR) is 85.9 cm³/mol. The van der Waals surface area contributed by atoms with Crippen LogP contribution in [0.1, 0.15) is 18.9 Å². The summed E-state index contributed by atoms with van der Waals surface area (Å²) >= 11 is 0. The lowest BCUT2D eigenvalue weighted by atomic mass is 10.1. The van der Waals surface area contributed by atoms with Gasteiger partial charge in [-0.1, -0.05) is 18.2 Å². The summed E-state index contributed by atoms with van der Waals surface area (Å²) in [7, 11) is 0.